The third-order valence-electron chi connectivity index (χ3n) is 4.28. The number of ether oxygens (including phenoxy) is 1. The summed E-state index contributed by atoms with van der Waals surface area (Å²) in [5, 5.41) is 32.8. The van der Waals surface area contributed by atoms with Crippen molar-refractivity contribution in [3.63, 3.8) is 0 Å². The summed E-state index contributed by atoms with van der Waals surface area (Å²) in [4.78, 5) is 19.9. The molecule has 1 aliphatic heterocycles. The lowest BCUT2D eigenvalue weighted by molar-refractivity contribution is -0.144. The van der Waals surface area contributed by atoms with Crippen molar-refractivity contribution in [1.82, 2.24) is 10.3 Å². The Morgan fingerprint density at radius 3 is 2.80 bits per heavy atom. The van der Waals surface area contributed by atoms with Gasteiger partial charge in [0.1, 0.15) is 35.1 Å². The maximum atomic E-state index is 11.3. The van der Waals surface area contributed by atoms with Crippen LogP contribution in [0.4, 0.5) is 17.3 Å². The van der Waals surface area contributed by atoms with Crippen LogP contribution in [0.3, 0.4) is 0 Å². The van der Waals surface area contributed by atoms with Crippen LogP contribution >= 0.6 is 15.9 Å². The number of halogens is 1. The summed E-state index contributed by atoms with van der Waals surface area (Å²) in [7, 11) is 0. The highest BCUT2D eigenvalue weighted by atomic mass is 79.9. The molecule has 3 rings (SSSR count). The van der Waals surface area contributed by atoms with E-state index in [4.69, 9.17) is 21.5 Å². The number of aromatic nitrogens is 1. The quantitative estimate of drug-likeness (QED) is 0.323. The van der Waals surface area contributed by atoms with Crippen molar-refractivity contribution in [1.29, 1.82) is 10.5 Å². The molecule has 12 heteroatoms. The van der Waals surface area contributed by atoms with Crippen molar-refractivity contribution < 1.29 is 14.6 Å². The molecule has 2 heterocycles. The number of hydrogen-bond donors (Lipinski definition) is 5. The van der Waals surface area contributed by atoms with Crippen molar-refractivity contribution in [3.05, 3.63) is 39.4 Å². The number of aliphatic carboxylic acids is 1. The second kappa shape index (κ2) is 8.14. The highest BCUT2D eigenvalue weighted by Crippen LogP contribution is 2.44. The molecule has 1 aromatic heterocycles. The summed E-state index contributed by atoms with van der Waals surface area (Å²) in [6.45, 7) is 1.39. The first-order chi connectivity index (χ1) is 14.3. The number of benzene rings is 1. The number of fused-ring (bicyclic) bond motifs is 1. The molecule has 11 nitrogen and oxygen atoms in total. The molecule has 1 aliphatic rings. The van der Waals surface area contributed by atoms with E-state index in [1.54, 1.807) is 24.4 Å². The number of carboxylic acid groups (broad SMARTS) is 1. The van der Waals surface area contributed by atoms with Gasteiger partial charge in [0, 0.05) is 15.6 Å². The van der Waals surface area contributed by atoms with E-state index >= 15 is 0 Å². The zero-order valence-electron chi connectivity index (χ0n) is 15.5. The third kappa shape index (κ3) is 3.76. The van der Waals surface area contributed by atoms with Crippen molar-refractivity contribution in [2.45, 2.75) is 19.1 Å². The summed E-state index contributed by atoms with van der Waals surface area (Å²) >= 11 is 3.38. The van der Waals surface area contributed by atoms with Crippen LogP contribution in [0.1, 0.15) is 29.7 Å². The van der Waals surface area contributed by atoms with E-state index in [1.807, 2.05) is 6.07 Å². The third-order valence-corrected chi connectivity index (χ3v) is 4.77. The lowest BCUT2D eigenvalue weighted by atomic mass is 9.94. The van der Waals surface area contributed by atoms with E-state index in [0.717, 1.165) is 0 Å². The second-order valence-corrected chi connectivity index (χ2v) is 7.10. The largest absolute Gasteiger partial charge is 0.479 e. The number of nitrogens with two attached hydrogens (primary N) is 2. The highest BCUT2D eigenvalue weighted by Gasteiger charge is 2.32. The van der Waals surface area contributed by atoms with Crippen LogP contribution in [0.5, 0.6) is 5.75 Å². The Balaban J connectivity index is 2.26. The molecule has 2 unspecified atom stereocenters. The number of carbonyl (C=O) groups is 1. The molecule has 1 aromatic carbocycles. The summed E-state index contributed by atoms with van der Waals surface area (Å²) in [5.74, 6) is -0.711. The van der Waals surface area contributed by atoms with Gasteiger partial charge < -0.3 is 26.6 Å². The van der Waals surface area contributed by atoms with Crippen LogP contribution in [0.15, 0.2) is 27.7 Å². The van der Waals surface area contributed by atoms with Gasteiger partial charge in [-0.15, -0.1) is 0 Å². The number of aliphatic imine (C=N–C) groups is 1. The molecule has 2 atom stereocenters. The minimum absolute atomic E-state index is 0.0104. The van der Waals surface area contributed by atoms with Gasteiger partial charge in [-0.25, -0.2) is 14.8 Å². The van der Waals surface area contributed by atoms with Crippen LogP contribution in [0.2, 0.25) is 0 Å². The lowest BCUT2D eigenvalue weighted by Gasteiger charge is -2.27. The molecular weight excluding hydrogens is 456 g/mol. The molecule has 30 heavy (non-hydrogen) atoms. The smallest absolute Gasteiger partial charge is 0.344 e. The zero-order valence-corrected chi connectivity index (χ0v) is 17.1. The SMILES string of the molecule is CC(Oc1ccc(Br)cc1C1N=C(NC#N)Nc2nc(N)c(C#N)c(N)c21)C(=O)O. The van der Waals surface area contributed by atoms with E-state index in [1.165, 1.54) is 6.92 Å². The van der Waals surface area contributed by atoms with Crippen LogP contribution in [-0.2, 0) is 4.79 Å². The highest BCUT2D eigenvalue weighted by molar-refractivity contribution is 9.10. The van der Waals surface area contributed by atoms with Crippen molar-refractivity contribution in [2.75, 3.05) is 16.8 Å². The van der Waals surface area contributed by atoms with Crippen LogP contribution in [0, 0.1) is 22.8 Å². The van der Waals surface area contributed by atoms with Crippen molar-refractivity contribution in [2.24, 2.45) is 4.99 Å². The molecule has 152 valence electrons. The molecule has 0 bridgehead atoms. The first-order valence-corrected chi connectivity index (χ1v) is 9.23. The number of rotatable bonds is 4. The summed E-state index contributed by atoms with van der Waals surface area (Å²) in [6, 6.07) is 5.99. The monoisotopic (exact) mass is 470 g/mol. The van der Waals surface area contributed by atoms with E-state index in [2.05, 4.69) is 36.5 Å². The van der Waals surface area contributed by atoms with Gasteiger partial charge >= 0.3 is 5.97 Å². The average Bonchev–Trinajstić information content (AvgIpc) is 2.69. The maximum absolute atomic E-state index is 11.3. The Morgan fingerprint density at radius 1 is 1.43 bits per heavy atom. The molecule has 2 aromatic rings. The topological polar surface area (TPSA) is 195 Å². The van der Waals surface area contributed by atoms with Gasteiger partial charge in [0.2, 0.25) is 5.96 Å². The molecule has 0 saturated carbocycles. The van der Waals surface area contributed by atoms with Gasteiger partial charge in [0.15, 0.2) is 12.3 Å². The molecule has 0 spiro atoms. The first kappa shape index (κ1) is 20.7. The number of carboxylic acids is 1. The Hall–Kier alpha value is -4.03. The maximum Gasteiger partial charge on any atom is 0.344 e. The molecule has 0 aliphatic carbocycles. The number of nitrogens with zero attached hydrogens (tertiary/aromatic N) is 4. The second-order valence-electron chi connectivity index (χ2n) is 6.18. The zero-order chi connectivity index (χ0) is 22.0. The number of anilines is 3. The molecule has 0 amide bonds. The molecule has 0 saturated heterocycles. The summed E-state index contributed by atoms with van der Waals surface area (Å²) in [5.41, 5.74) is 12.9. The Kier molecular flexibility index (Phi) is 5.62. The fraction of sp³-hybridized carbons (Fsp3) is 0.167. The standard InChI is InChI=1S/C18H15BrN8O3/c1-7(17(28)29)30-11-3-2-8(19)4-9(11)14-12-13(22)10(5-20)15(23)26-16(12)27-18(25-14)24-6-21/h2-4,7,14H,1H3,(H,28,29)(H6,22,23,24,25,26,27). The Labute approximate surface area is 179 Å². The van der Waals surface area contributed by atoms with E-state index < -0.39 is 18.1 Å². The van der Waals surface area contributed by atoms with Gasteiger partial charge in [-0.3, -0.25) is 5.32 Å². The minimum atomic E-state index is -1.15. The van der Waals surface area contributed by atoms with Crippen molar-refractivity contribution in [3.8, 4) is 18.0 Å². The first-order valence-electron chi connectivity index (χ1n) is 8.44. The van der Waals surface area contributed by atoms with Gasteiger partial charge in [-0.1, -0.05) is 15.9 Å². The molecule has 0 fully saturated rings. The number of hydrogen-bond acceptors (Lipinski definition) is 10. The summed E-state index contributed by atoms with van der Waals surface area (Å²) < 4.78 is 6.27. The number of pyridine rings is 1. The fourth-order valence-corrected chi connectivity index (χ4v) is 3.27. The number of nitrogen functional groups attached to an aromatic ring is 2. The number of nitriles is 2. The van der Waals surface area contributed by atoms with E-state index in [-0.39, 0.29) is 34.6 Å². The predicted octanol–water partition coefficient (Wildman–Crippen LogP) is 1.67. The number of guanidine groups is 1. The van der Waals surface area contributed by atoms with Gasteiger partial charge in [0.25, 0.3) is 0 Å². The molecule has 7 N–H and O–H groups in total. The fourth-order valence-electron chi connectivity index (χ4n) is 2.89. The van der Waals surface area contributed by atoms with Gasteiger partial charge in [-0.05, 0) is 25.1 Å². The average molecular weight is 471 g/mol. The lowest BCUT2D eigenvalue weighted by Crippen LogP contribution is -2.33. The van der Waals surface area contributed by atoms with E-state index in [9.17, 15) is 15.2 Å². The van der Waals surface area contributed by atoms with Gasteiger partial charge in [-0.2, -0.15) is 10.5 Å². The Morgan fingerprint density at radius 2 is 2.17 bits per heavy atom. The minimum Gasteiger partial charge on any atom is -0.479 e. The Bertz CT molecular complexity index is 1150. The van der Waals surface area contributed by atoms with Crippen molar-refractivity contribution >= 4 is 45.2 Å². The van der Waals surface area contributed by atoms with Gasteiger partial charge in [0.05, 0.1) is 5.69 Å². The molecular formula is C18H15BrN8O3. The summed E-state index contributed by atoms with van der Waals surface area (Å²) in [6.07, 6.45) is 0.625. The number of nitrogens with one attached hydrogen (secondary N) is 2. The predicted molar refractivity (Wildman–Crippen MR) is 111 cm³/mol. The van der Waals surface area contributed by atoms with Crippen LogP contribution in [-0.4, -0.2) is 28.1 Å². The van der Waals surface area contributed by atoms with Crippen LogP contribution in [0.25, 0.3) is 0 Å². The van der Waals surface area contributed by atoms with E-state index in [0.29, 0.717) is 15.6 Å². The van der Waals surface area contributed by atoms with Crippen LogP contribution < -0.4 is 26.8 Å². The normalized spacial score (nSPS) is 15.5. The molecule has 0 radical (unpaired) electrons.